The van der Waals surface area contributed by atoms with Crippen molar-refractivity contribution >= 4 is 17.7 Å². The number of carbonyl (C=O) groups excluding carboxylic acids is 2. The number of carbonyl (C=O) groups is 2. The molecule has 2 aliphatic rings. The number of halogens is 1. The van der Waals surface area contributed by atoms with Crippen molar-refractivity contribution in [2.45, 2.75) is 63.9 Å². The van der Waals surface area contributed by atoms with Crippen LogP contribution in [0, 0.1) is 5.82 Å². The van der Waals surface area contributed by atoms with Crippen molar-refractivity contribution in [3.05, 3.63) is 59.2 Å². The number of benzene rings is 1. The van der Waals surface area contributed by atoms with Crippen molar-refractivity contribution in [1.29, 1.82) is 0 Å². The average molecular weight is 457 g/mol. The number of urea groups is 1. The first-order chi connectivity index (χ1) is 15.9. The number of nitrogens with zero attached hydrogens (tertiary/aromatic N) is 2. The van der Waals surface area contributed by atoms with Gasteiger partial charge in [-0.05, 0) is 67.9 Å². The standard InChI is InChI=1S/C24H29FN4O4/c1-2-33-23(31)22(30)27-19-7-3-15(4-8-19)16-5-9-20(10-6-16)28-24(32)29-13-17-11-18(25)12-26-21(17)14-29/h5-6,9-12,15,19,22,27,30H,2-4,7-8,13-14H2,1H3,(H,28,32). The fourth-order valence-electron chi connectivity index (χ4n) is 4.52. The molecule has 2 aromatic rings. The maximum absolute atomic E-state index is 13.4. The first-order valence-corrected chi connectivity index (χ1v) is 11.3. The lowest BCUT2D eigenvalue weighted by molar-refractivity contribution is -0.155. The van der Waals surface area contributed by atoms with Crippen LogP contribution in [0.4, 0.5) is 14.9 Å². The summed E-state index contributed by atoms with van der Waals surface area (Å²) >= 11 is 0. The molecule has 1 saturated carbocycles. The van der Waals surface area contributed by atoms with Gasteiger partial charge in [0.2, 0.25) is 6.23 Å². The maximum Gasteiger partial charge on any atom is 0.350 e. The van der Waals surface area contributed by atoms with E-state index in [1.165, 1.54) is 17.8 Å². The number of aliphatic hydroxyl groups excluding tert-OH is 1. The van der Waals surface area contributed by atoms with Gasteiger partial charge in [-0.25, -0.2) is 14.0 Å². The highest BCUT2D eigenvalue weighted by Gasteiger charge is 2.27. The molecule has 8 nitrogen and oxygen atoms in total. The minimum Gasteiger partial charge on any atom is -0.463 e. The molecule has 0 radical (unpaired) electrons. The van der Waals surface area contributed by atoms with E-state index in [1.807, 2.05) is 24.3 Å². The van der Waals surface area contributed by atoms with Gasteiger partial charge in [0.25, 0.3) is 0 Å². The van der Waals surface area contributed by atoms with Crippen LogP contribution in [0.15, 0.2) is 36.5 Å². The number of anilines is 1. The average Bonchev–Trinajstić information content (AvgIpc) is 3.24. The van der Waals surface area contributed by atoms with Gasteiger partial charge < -0.3 is 20.1 Å². The van der Waals surface area contributed by atoms with Crippen molar-refractivity contribution in [1.82, 2.24) is 15.2 Å². The molecule has 1 aromatic heterocycles. The summed E-state index contributed by atoms with van der Waals surface area (Å²) in [6.45, 7) is 2.65. The van der Waals surface area contributed by atoms with E-state index in [0.29, 0.717) is 24.7 Å². The molecule has 4 rings (SSSR count). The number of aromatic nitrogens is 1. The monoisotopic (exact) mass is 456 g/mol. The largest absolute Gasteiger partial charge is 0.463 e. The van der Waals surface area contributed by atoms with Crippen LogP contribution in [0.25, 0.3) is 0 Å². The number of amides is 2. The Labute approximate surface area is 192 Å². The quantitative estimate of drug-likeness (QED) is 0.455. The molecular weight excluding hydrogens is 427 g/mol. The Balaban J connectivity index is 1.25. The van der Waals surface area contributed by atoms with Gasteiger partial charge in [0.05, 0.1) is 25.0 Å². The number of aliphatic hydroxyl groups is 1. The molecule has 1 unspecified atom stereocenters. The summed E-state index contributed by atoms with van der Waals surface area (Å²) in [6.07, 6.45) is 3.47. The summed E-state index contributed by atoms with van der Waals surface area (Å²) in [7, 11) is 0. The highest BCUT2D eigenvalue weighted by atomic mass is 19.1. The molecule has 1 aliphatic carbocycles. The van der Waals surface area contributed by atoms with Crippen LogP contribution in [-0.4, -0.2) is 45.9 Å². The zero-order valence-electron chi connectivity index (χ0n) is 18.6. The minimum absolute atomic E-state index is 0.0757. The van der Waals surface area contributed by atoms with Gasteiger partial charge >= 0.3 is 12.0 Å². The molecule has 3 N–H and O–H groups in total. The molecule has 33 heavy (non-hydrogen) atoms. The summed E-state index contributed by atoms with van der Waals surface area (Å²) < 4.78 is 18.2. The zero-order chi connectivity index (χ0) is 23.4. The highest BCUT2D eigenvalue weighted by molar-refractivity contribution is 5.89. The van der Waals surface area contributed by atoms with Crippen LogP contribution >= 0.6 is 0 Å². The summed E-state index contributed by atoms with van der Waals surface area (Å²) in [5, 5.41) is 15.7. The number of pyridine rings is 1. The van der Waals surface area contributed by atoms with Gasteiger partial charge in [-0.15, -0.1) is 0 Å². The highest BCUT2D eigenvalue weighted by Crippen LogP contribution is 2.33. The van der Waals surface area contributed by atoms with Gasteiger partial charge in [0.1, 0.15) is 5.82 Å². The van der Waals surface area contributed by atoms with E-state index in [0.717, 1.165) is 36.9 Å². The minimum atomic E-state index is -1.28. The Kier molecular flexibility index (Phi) is 7.20. The molecule has 9 heteroatoms. The lowest BCUT2D eigenvalue weighted by atomic mass is 9.81. The molecule has 176 valence electrons. The van der Waals surface area contributed by atoms with Crippen LogP contribution in [-0.2, 0) is 22.6 Å². The molecule has 1 atom stereocenters. The number of esters is 1. The Morgan fingerprint density at radius 1 is 1.21 bits per heavy atom. The van der Waals surface area contributed by atoms with Crippen LogP contribution in [0.3, 0.4) is 0 Å². The second kappa shape index (κ2) is 10.3. The third-order valence-electron chi connectivity index (χ3n) is 6.28. The Hall–Kier alpha value is -3.04. The molecule has 1 fully saturated rings. The molecule has 1 aromatic carbocycles. The molecule has 2 heterocycles. The van der Waals surface area contributed by atoms with Crippen LogP contribution in [0.1, 0.15) is 55.3 Å². The van der Waals surface area contributed by atoms with Crippen molar-refractivity contribution in [3.8, 4) is 0 Å². The summed E-state index contributed by atoms with van der Waals surface area (Å²) in [5.74, 6) is -0.647. The van der Waals surface area contributed by atoms with Crippen molar-refractivity contribution in [3.63, 3.8) is 0 Å². The van der Waals surface area contributed by atoms with Crippen molar-refractivity contribution in [2.75, 3.05) is 11.9 Å². The van der Waals surface area contributed by atoms with Crippen molar-refractivity contribution < 1.29 is 23.8 Å². The number of hydrogen-bond acceptors (Lipinski definition) is 6. The number of hydrogen-bond donors (Lipinski definition) is 3. The molecular formula is C24H29FN4O4. The Morgan fingerprint density at radius 3 is 2.64 bits per heavy atom. The van der Waals surface area contributed by atoms with Gasteiger partial charge in [-0.1, -0.05) is 12.1 Å². The number of rotatable bonds is 6. The molecule has 0 spiro atoms. The summed E-state index contributed by atoms with van der Waals surface area (Å²) in [6, 6.07) is 9.09. The predicted octanol–water partition coefficient (Wildman–Crippen LogP) is 3.27. The van der Waals surface area contributed by atoms with Gasteiger partial charge in [0.15, 0.2) is 0 Å². The van der Waals surface area contributed by atoms with E-state index >= 15 is 0 Å². The molecule has 0 saturated heterocycles. The van der Waals surface area contributed by atoms with E-state index < -0.39 is 18.0 Å². The zero-order valence-corrected chi connectivity index (χ0v) is 18.6. The second-order valence-electron chi connectivity index (χ2n) is 8.54. The SMILES string of the molecule is CCOC(=O)C(O)NC1CCC(c2ccc(NC(=O)N3Cc4cc(F)cnc4C3)cc2)CC1. The second-order valence-corrected chi connectivity index (χ2v) is 8.54. The lowest BCUT2D eigenvalue weighted by Gasteiger charge is -2.30. The number of nitrogens with one attached hydrogen (secondary N) is 2. The fourth-order valence-corrected chi connectivity index (χ4v) is 4.52. The van der Waals surface area contributed by atoms with Crippen LogP contribution < -0.4 is 10.6 Å². The summed E-state index contributed by atoms with van der Waals surface area (Å²) in [4.78, 5) is 29.8. The van der Waals surface area contributed by atoms with Crippen LogP contribution in [0.5, 0.6) is 0 Å². The topological polar surface area (TPSA) is 104 Å². The molecule has 1 aliphatic heterocycles. The first-order valence-electron chi connectivity index (χ1n) is 11.3. The first kappa shape index (κ1) is 23.1. The van der Waals surface area contributed by atoms with Crippen molar-refractivity contribution in [2.24, 2.45) is 0 Å². The number of fused-ring (bicyclic) bond motifs is 1. The van der Waals surface area contributed by atoms with E-state index in [2.05, 4.69) is 15.6 Å². The normalized spacial score (nSPS) is 20.8. The van der Waals surface area contributed by atoms with Gasteiger partial charge in [0, 0.05) is 18.3 Å². The molecule has 2 amide bonds. The van der Waals surface area contributed by atoms with E-state index in [9.17, 15) is 19.1 Å². The van der Waals surface area contributed by atoms with E-state index in [-0.39, 0.29) is 18.7 Å². The number of ether oxygens (including phenoxy) is 1. The third kappa shape index (κ3) is 5.66. The van der Waals surface area contributed by atoms with Gasteiger partial charge in [-0.2, -0.15) is 0 Å². The predicted molar refractivity (Wildman–Crippen MR) is 120 cm³/mol. The molecule has 0 bridgehead atoms. The lowest BCUT2D eigenvalue weighted by Crippen LogP contribution is -2.45. The fraction of sp³-hybridized carbons (Fsp3) is 0.458. The smallest absolute Gasteiger partial charge is 0.350 e. The Morgan fingerprint density at radius 2 is 1.94 bits per heavy atom. The van der Waals surface area contributed by atoms with E-state index in [4.69, 9.17) is 4.74 Å². The summed E-state index contributed by atoms with van der Waals surface area (Å²) in [5.41, 5.74) is 3.36. The third-order valence-corrected chi connectivity index (χ3v) is 6.28. The van der Waals surface area contributed by atoms with Gasteiger partial charge in [-0.3, -0.25) is 10.3 Å². The van der Waals surface area contributed by atoms with Crippen LogP contribution in [0.2, 0.25) is 0 Å². The van der Waals surface area contributed by atoms with E-state index in [1.54, 1.807) is 11.8 Å². The Bertz CT molecular complexity index is 992. The maximum atomic E-state index is 13.4.